The van der Waals surface area contributed by atoms with Crippen LogP contribution in [0.25, 0.3) is 0 Å². The molecular weight excluding hydrogens is 317 g/mol. The Morgan fingerprint density at radius 2 is 1.91 bits per heavy atom. The van der Waals surface area contributed by atoms with Crippen molar-refractivity contribution < 1.29 is 18.0 Å². The van der Waals surface area contributed by atoms with Crippen molar-refractivity contribution in [1.82, 2.24) is 4.90 Å². The van der Waals surface area contributed by atoms with Gasteiger partial charge in [-0.2, -0.15) is 13.2 Å². The smallest absolute Gasteiger partial charge is 0.383 e. The molecule has 0 radical (unpaired) electrons. The molecule has 0 saturated carbocycles. The first-order chi connectivity index (χ1) is 10.4. The summed E-state index contributed by atoms with van der Waals surface area (Å²) in [5.41, 5.74) is -0.565. The Morgan fingerprint density at radius 1 is 1.23 bits per heavy atom. The quantitative estimate of drug-likeness (QED) is 0.896. The third kappa shape index (κ3) is 4.53. The second-order valence-corrected chi connectivity index (χ2v) is 5.72. The van der Waals surface area contributed by atoms with Crippen LogP contribution < -0.4 is 5.32 Å². The first kappa shape index (κ1) is 16.9. The molecule has 0 atom stereocenters. The molecule has 1 aliphatic rings. The fourth-order valence-electron chi connectivity index (χ4n) is 2.44. The highest BCUT2D eigenvalue weighted by atomic mass is 35.5. The Hall–Kier alpha value is -1.43. The van der Waals surface area contributed by atoms with Crippen molar-refractivity contribution in [2.45, 2.75) is 31.9 Å². The maximum Gasteiger partial charge on any atom is 0.416 e. The monoisotopic (exact) mass is 334 g/mol. The molecule has 0 bridgehead atoms. The molecule has 1 aromatic rings. The van der Waals surface area contributed by atoms with Crippen LogP contribution in [0.4, 0.5) is 18.9 Å². The molecule has 0 spiro atoms. The lowest BCUT2D eigenvalue weighted by Crippen LogP contribution is -2.36. The topological polar surface area (TPSA) is 32.3 Å². The van der Waals surface area contributed by atoms with Gasteiger partial charge in [0.15, 0.2) is 0 Å². The van der Waals surface area contributed by atoms with Gasteiger partial charge in [-0.15, -0.1) is 0 Å². The summed E-state index contributed by atoms with van der Waals surface area (Å²) < 4.78 is 38.0. The van der Waals surface area contributed by atoms with E-state index in [-0.39, 0.29) is 29.6 Å². The number of amides is 1. The van der Waals surface area contributed by atoms with Crippen LogP contribution in [0.2, 0.25) is 5.02 Å². The number of halogens is 4. The highest BCUT2D eigenvalue weighted by Gasteiger charge is 2.30. The van der Waals surface area contributed by atoms with Gasteiger partial charge in [0, 0.05) is 26.1 Å². The predicted octanol–water partition coefficient (Wildman–Crippen LogP) is 4.17. The van der Waals surface area contributed by atoms with Crippen molar-refractivity contribution >= 4 is 23.2 Å². The minimum Gasteiger partial charge on any atom is -0.383 e. The lowest BCUT2D eigenvalue weighted by atomic mass is 10.1. The number of likely N-dealkylation sites (tertiary alicyclic amines) is 1. The first-order valence-electron chi connectivity index (χ1n) is 7.26. The number of nitrogens with one attached hydrogen (secondary N) is 1. The molecule has 1 fully saturated rings. The van der Waals surface area contributed by atoms with E-state index in [0.29, 0.717) is 0 Å². The summed E-state index contributed by atoms with van der Waals surface area (Å²) in [5.74, 6) is 0.0234. The molecule has 22 heavy (non-hydrogen) atoms. The Morgan fingerprint density at radius 3 is 2.55 bits per heavy atom. The van der Waals surface area contributed by atoms with Crippen LogP contribution in [-0.4, -0.2) is 30.4 Å². The Labute approximate surface area is 132 Å². The molecule has 2 rings (SSSR count). The van der Waals surface area contributed by atoms with E-state index in [1.165, 1.54) is 6.07 Å². The van der Waals surface area contributed by atoms with E-state index < -0.39 is 11.7 Å². The zero-order valence-electron chi connectivity index (χ0n) is 12.0. The van der Waals surface area contributed by atoms with Gasteiger partial charge in [0.1, 0.15) is 0 Å². The van der Waals surface area contributed by atoms with Gasteiger partial charge in [-0.3, -0.25) is 4.79 Å². The van der Waals surface area contributed by atoms with Crippen LogP contribution in [0.15, 0.2) is 18.2 Å². The van der Waals surface area contributed by atoms with Gasteiger partial charge in [-0.1, -0.05) is 11.6 Å². The first-order valence-corrected chi connectivity index (χ1v) is 7.64. The molecule has 1 aromatic carbocycles. The van der Waals surface area contributed by atoms with Gasteiger partial charge in [0.2, 0.25) is 5.91 Å². The molecule has 1 N–H and O–H groups in total. The summed E-state index contributed by atoms with van der Waals surface area (Å²) >= 11 is 5.89. The Balaban J connectivity index is 1.89. The average molecular weight is 335 g/mol. The molecule has 1 amide bonds. The Kier molecular flexibility index (Phi) is 5.56. The van der Waals surface area contributed by atoms with Crippen LogP contribution in [-0.2, 0) is 11.0 Å². The van der Waals surface area contributed by atoms with Crippen molar-refractivity contribution in [2.24, 2.45) is 0 Å². The van der Waals surface area contributed by atoms with Gasteiger partial charge < -0.3 is 10.2 Å². The molecule has 1 saturated heterocycles. The summed E-state index contributed by atoms with van der Waals surface area (Å²) in [7, 11) is 0. The number of nitrogens with zero attached hydrogens (tertiary/aromatic N) is 1. The lowest BCUT2D eigenvalue weighted by molar-refractivity contribution is -0.137. The van der Waals surface area contributed by atoms with Crippen LogP contribution in [0.5, 0.6) is 0 Å². The van der Waals surface area contributed by atoms with Crippen LogP contribution in [0.3, 0.4) is 0 Å². The maximum atomic E-state index is 12.7. The summed E-state index contributed by atoms with van der Waals surface area (Å²) in [5, 5.41) is 3.02. The number of carbonyl (C=O) groups is 1. The van der Waals surface area contributed by atoms with E-state index in [2.05, 4.69) is 5.32 Å². The van der Waals surface area contributed by atoms with E-state index in [9.17, 15) is 18.0 Å². The molecule has 1 aliphatic heterocycles. The molecule has 122 valence electrons. The minimum absolute atomic E-state index is 0.0234. The van der Waals surface area contributed by atoms with Crippen LogP contribution in [0.1, 0.15) is 31.2 Å². The molecule has 7 heteroatoms. The molecular formula is C15H18ClF3N2O. The number of piperidine rings is 1. The number of alkyl halides is 3. The number of benzene rings is 1. The van der Waals surface area contributed by atoms with E-state index in [4.69, 9.17) is 11.6 Å². The van der Waals surface area contributed by atoms with E-state index in [1.807, 2.05) is 0 Å². The summed E-state index contributed by atoms with van der Waals surface area (Å²) in [6, 6.07) is 3.11. The van der Waals surface area contributed by atoms with Crippen molar-refractivity contribution in [3.63, 3.8) is 0 Å². The summed E-state index contributed by atoms with van der Waals surface area (Å²) in [6.07, 6.45) is -1.00. The van der Waals surface area contributed by atoms with Crippen LogP contribution >= 0.6 is 11.6 Å². The molecule has 0 unspecified atom stereocenters. The number of anilines is 1. The van der Waals surface area contributed by atoms with Crippen molar-refractivity contribution in [2.75, 3.05) is 25.0 Å². The molecule has 0 aliphatic carbocycles. The largest absolute Gasteiger partial charge is 0.416 e. The SMILES string of the molecule is O=C(CCNc1cc(C(F)(F)F)ccc1Cl)N1CCCCC1. The second-order valence-electron chi connectivity index (χ2n) is 5.31. The normalized spacial score (nSPS) is 15.7. The van der Waals surface area contributed by atoms with Gasteiger partial charge in [0.25, 0.3) is 0 Å². The van der Waals surface area contributed by atoms with Gasteiger partial charge in [0.05, 0.1) is 16.3 Å². The number of hydrogen-bond donors (Lipinski definition) is 1. The fourth-order valence-corrected chi connectivity index (χ4v) is 2.63. The molecule has 3 nitrogen and oxygen atoms in total. The lowest BCUT2D eigenvalue weighted by Gasteiger charge is -2.26. The molecule has 0 aromatic heterocycles. The number of carbonyl (C=O) groups excluding carboxylic acids is 1. The standard InChI is InChI=1S/C15H18ClF3N2O/c16-12-5-4-11(15(17,18)19)10-13(12)20-7-6-14(22)21-8-2-1-3-9-21/h4-5,10,20H,1-3,6-9H2. The fraction of sp³-hybridized carbons (Fsp3) is 0.533. The summed E-state index contributed by atoms with van der Waals surface area (Å²) in [4.78, 5) is 13.8. The van der Waals surface area contributed by atoms with Gasteiger partial charge >= 0.3 is 6.18 Å². The number of hydrogen-bond acceptors (Lipinski definition) is 2. The predicted molar refractivity (Wildman–Crippen MR) is 80.0 cm³/mol. The molecule has 1 heterocycles. The maximum absolute atomic E-state index is 12.7. The zero-order valence-corrected chi connectivity index (χ0v) is 12.8. The van der Waals surface area contributed by atoms with E-state index >= 15 is 0 Å². The minimum atomic E-state index is -4.41. The van der Waals surface area contributed by atoms with Crippen molar-refractivity contribution in [3.05, 3.63) is 28.8 Å². The highest BCUT2D eigenvalue weighted by molar-refractivity contribution is 6.33. The van der Waals surface area contributed by atoms with Crippen LogP contribution in [0, 0.1) is 0 Å². The third-order valence-corrected chi connectivity index (χ3v) is 3.99. The number of rotatable bonds is 4. The van der Waals surface area contributed by atoms with E-state index in [0.717, 1.165) is 44.5 Å². The Bertz CT molecular complexity index is 528. The van der Waals surface area contributed by atoms with Gasteiger partial charge in [-0.05, 0) is 37.5 Å². The summed E-state index contributed by atoms with van der Waals surface area (Å²) in [6.45, 7) is 1.79. The van der Waals surface area contributed by atoms with E-state index in [1.54, 1.807) is 4.90 Å². The second kappa shape index (κ2) is 7.22. The third-order valence-electron chi connectivity index (χ3n) is 3.66. The van der Waals surface area contributed by atoms with Crippen molar-refractivity contribution in [3.8, 4) is 0 Å². The van der Waals surface area contributed by atoms with Gasteiger partial charge in [-0.25, -0.2) is 0 Å². The zero-order chi connectivity index (χ0) is 16.2. The average Bonchev–Trinajstić information content (AvgIpc) is 2.48. The van der Waals surface area contributed by atoms with Crippen molar-refractivity contribution in [1.29, 1.82) is 0 Å². The highest BCUT2D eigenvalue weighted by Crippen LogP contribution is 2.33.